The first-order valence-corrected chi connectivity index (χ1v) is 6.79. The molecule has 1 atom stereocenters. The lowest BCUT2D eigenvalue weighted by atomic mass is 10.1. The summed E-state index contributed by atoms with van der Waals surface area (Å²) in [7, 11) is 2.00. The number of nitrogens with one attached hydrogen (secondary N) is 1. The molecule has 0 saturated heterocycles. The molecule has 0 spiro atoms. The molecule has 0 aliphatic heterocycles. The lowest BCUT2D eigenvalue weighted by Gasteiger charge is -2.07. The minimum absolute atomic E-state index is 0.551. The first kappa shape index (κ1) is 11.1. The number of hydrogen-bond acceptors (Lipinski definition) is 3. The number of thiazole rings is 1. The lowest BCUT2D eigenvalue weighted by molar-refractivity contribution is 0.656. The molecular formula is C12H20N2S. The first-order chi connectivity index (χ1) is 7.31. The summed E-state index contributed by atoms with van der Waals surface area (Å²) in [4.78, 5) is 4.79. The summed E-state index contributed by atoms with van der Waals surface area (Å²) in [6.45, 7) is 3.27. The predicted molar refractivity (Wildman–Crippen MR) is 65.7 cm³/mol. The zero-order valence-electron chi connectivity index (χ0n) is 9.62. The number of rotatable bonds is 4. The van der Waals surface area contributed by atoms with Crippen LogP contribution in [0.1, 0.15) is 55.1 Å². The van der Waals surface area contributed by atoms with Gasteiger partial charge in [-0.15, -0.1) is 11.3 Å². The summed E-state index contributed by atoms with van der Waals surface area (Å²) in [5.74, 6) is 1.31. The van der Waals surface area contributed by atoms with Gasteiger partial charge in [0.15, 0.2) is 0 Å². The Morgan fingerprint density at radius 3 is 2.93 bits per heavy atom. The van der Waals surface area contributed by atoms with Gasteiger partial charge in [-0.05, 0) is 19.9 Å². The average molecular weight is 224 g/mol. The van der Waals surface area contributed by atoms with E-state index in [1.807, 2.05) is 18.4 Å². The number of hydrogen-bond donors (Lipinski definition) is 1. The summed E-state index contributed by atoms with van der Waals surface area (Å²) in [5, 5.41) is 6.78. The molecule has 15 heavy (non-hydrogen) atoms. The topological polar surface area (TPSA) is 24.9 Å². The van der Waals surface area contributed by atoms with E-state index in [-0.39, 0.29) is 0 Å². The van der Waals surface area contributed by atoms with E-state index in [1.54, 1.807) is 0 Å². The van der Waals surface area contributed by atoms with Gasteiger partial charge < -0.3 is 5.32 Å². The molecule has 1 aromatic heterocycles. The zero-order valence-corrected chi connectivity index (χ0v) is 10.4. The molecule has 2 rings (SSSR count). The van der Waals surface area contributed by atoms with Crippen LogP contribution in [0.25, 0.3) is 0 Å². The quantitative estimate of drug-likeness (QED) is 0.850. The Hall–Kier alpha value is -0.410. The van der Waals surface area contributed by atoms with E-state index in [4.69, 9.17) is 4.98 Å². The van der Waals surface area contributed by atoms with Crippen LogP contribution in [0.4, 0.5) is 0 Å². The molecule has 1 aliphatic carbocycles. The van der Waals surface area contributed by atoms with E-state index >= 15 is 0 Å². The Kier molecular flexibility index (Phi) is 3.76. The number of likely N-dealkylation sites (N-methyl/N-ethyl adjacent to an activating group) is 1. The molecule has 1 aliphatic rings. The van der Waals surface area contributed by atoms with Gasteiger partial charge in [0.05, 0.1) is 10.7 Å². The summed E-state index contributed by atoms with van der Waals surface area (Å²) in [5.41, 5.74) is 1.36. The molecule has 1 unspecified atom stereocenters. The van der Waals surface area contributed by atoms with Crippen LogP contribution >= 0.6 is 11.3 Å². The van der Waals surface area contributed by atoms with Crippen molar-refractivity contribution in [1.82, 2.24) is 10.3 Å². The van der Waals surface area contributed by atoms with Crippen molar-refractivity contribution in [3.8, 4) is 0 Å². The van der Waals surface area contributed by atoms with Crippen LogP contribution in [-0.2, 0) is 0 Å². The van der Waals surface area contributed by atoms with Crippen LogP contribution < -0.4 is 5.32 Å². The van der Waals surface area contributed by atoms with Crippen molar-refractivity contribution < 1.29 is 0 Å². The van der Waals surface area contributed by atoms with Gasteiger partial charge in [-0.25, -0.2) is 4.98 Å². The van der Waals surface area contributed by atoms with Crippen molar-refractivity contribution in [3.63, 3.8) is 0 Å². The highest BCUT2D eigenvalue weighted by molar-refractivity contribution is 7.09. The molecule has 0 aromatic carbocycles. The molecule has 1 heterocycles. The molecule has 3 heteroatoms. The van der Waals surface area contributed by atoms with Gasteiger partial charge in [-0.2, -0.15) is 0 Å². The average Bonchev–Trinajstić information content (AvgIpc) is 2.89. The molecule has 84 valence electrons. The highest BCUT2D eigenvalue weighted by Crippen LogP contribution is 2.35. The predicted octanol–water partition coefficient (Wildman–Crippen LogP) is 3.12. The second-order valence-corrected chi connectivity index (χ2v) is 5.44. The summed E-state index contributed by atoms with van der Waals surface area (Å²) >= 11 is 1.83. The molecule has 1 fully saturated rings. The van der Waals surface area contributed by atoms with Crippen LogP contribution in [0.5, 0.6) is 0 Å². The smallest absolute Gasteiger partial charge is 0.0969 e. The Morgan fingerprint density at radius 2 is 2.27 bits per heavy atom. The van der Waals surface area contributed by atoms with Crippen molar-refractivity contribution in [1.29, 1.82) is 0 Å². The molecule has 0 amide bonds. The normalized spacial score (nSPS) is 19.6. The van der Waals surface area contributed by atoms with E-state index in [1.165, 1.54) is 36.4 Å². The van der Waals surface area contributed by atoms with Gasteiger partial charge in [0.25, 0.3) is 0 Å². The third-order valence-corrected chi connectivity index (χ3v) is 4.34. The zero-order chi connectivity index (χ0) is 10.7. The fourth-order valence-electron chi connectivity index (χ4n) is 2.33. The minimum Gasteiger partial charge on any atom is -0.319 e. The molecule has 1 N–H and O–H groups in total. The van der Waals surface area contributed by atoms with Crippen LogP contribution in [0.15, 0.2) is 5.38 Å². The number of aromatic nitrogens is 1. The third-order valence-electron chi connectivity index (χ3n) is 3.25. The largest absolute Gasteiger partial charge is 0.319 e. The first-order valence-electron chi connectivity index (χ1n) is 5.91. The highest BCUT2D eigenvalue weighted by Gasteiger charge is 2.20. The molecular weight excluding hydrogens is 204 g/mol. The van der Waals surface area contributed by atoms with Gasteiger partial charge in [0.2, 0.25) is 0 Å². The van der Waals surface area contributed by atoms with E-state index in [0.29, 0.717) is 5.92 Å². The second kappa shape index (κ2) is 5.08. The maximum absolute atomic E-state index is 4.79. The minimum atomic E-state index is 0.551. The number of nitrogens with zero attached hydrogens (tertiary/aromatic N) is 1. The Bertz CT molecular complexity index is 302. The molecule has 0 radical (unpaired) electrons. The standard InChI is InChI=1S/C12H20N2S/c1-9(7-13-2)12-14-11(8-15-12)10-5-3-4-6-10/h8-10,13H,3-7H2,1-2H3. The van der Waals surface area contributed by atoms with Gasteiger partial charge in [0, 0.05) is 23.8 Å². The Labute approximate surface area is 96.1 Å². The van der Waals surface area contributed by atoms with Gasteiger partial charge >= 0.3 is 0 Å². The van der Waals surface area contributed by atoms with Gasteiger partial charge in [-0.3, -0.25) is 0 Å². The van der Waals surface area contributed by atoms with E-state index < -0.39 is 0 Å². The molecule has 2 nitrogen and oxygen atoms in total. The molecule has 1 aromatic rings. The van der Waals surface area contributed by atoms with E-state index in [0.717, 1.165) is 12.5 Å². The highest BCUT2D eigenvalue weighted by atomic mass is 32.1. The van der Waals surface area contributed by atoms with Crippen molar-refractivity contribution in [3.05, 3.63) is 16.1 Å². The van der Waals surface area contributed by atoms with E-state index in [9.17, 15) is 0 Å². The Balaban J connectivity index is 2.02. The monoisotopic (exact) mass is 224 g/mol. The fourth-order valence-corrected chi connectivity index (χ4v) is 3.29. The SMILES string of the molecule is CNCC(C)c1nc(C2CCCC2)cs1. The lowest BCUT2D eigenvalue weighted by Crippen LogP contribution is -2.14. The van der Waals surface area contributed by atoms with Crippen LogP contribution in [0.3, 0.4) is 0 Å². The molecule has 1 saturated carbocycles. The summed E-state index contributed by atoms with van der Waals surface area (Å²) < 4.78 is 0. The van der Waals surface area contributed by atoms with Gasteiger partial charge in [-0.1, -0.05) is 19.8 Å². The molecule has 0 bridgehead atoms. The van der Waals surface area contributed by atoms with Crippen molar-refractivity contribution in [2.45, 2.75) is 44.4 Å². The van der Waals surface area contributed by atoms with Crippen LogP contribution in [0.2, 0.25) is 0 Å². The summed E-state index contributed by atoms with van der Waals surface area (Å²) in [6, 6.07) is 0. The van der Waals surface area contributed by atoms with Crippen LogP contribution in [0, 0.1) is 0 Å². The summed E-state index contributed by atoms with van der Waals surface area (Å²) in [6.07, 6.45) is 5.49. The Morgan fingerprint density at radius 1 is 1.53 bits per heavy atom. The van der Waals surface area contributed by atoms with Crippen molar-refractivity contribution in [2.75, 3.05) is 13.6 Å². The van der Waals surface area contributed by atoms with Gasteiger partial charge in [0.1, 0.15) is 0 Å². The third kappa shape index (κ3) is 2.58. The fraction of sp³-hybridized carbons (Fsp3) is 0.750. The maximum atomic E-state index is 4.79. The van der Waals surface area contributed by atoms with Crippen LogP contribution in [-0.4, -0.2) is 18.6 Å². The van der Waals surface area contributed by atoms with E-state index in [2.05, 4.69) is 17.6 Å². The van der Waals surface area contributed by atoms with Crippen molar-refractivity contribution in [2.24, 2.45) is 0 Å². The maximum Gasteiger partial charge on any atom is 0.0969 e. The van der Waals surface area contributed by atoms with Crippen molar-refractivity contribution >= 4 is 11.3 Å². The second-order valence-electron chi connectivity index (χ2n) is 4.55.